The van der Waals surface area contributed by atoms with Gasteiger partial charge in [0, 0.05) is 0 Å². The van der Waals surface area contributed by atoms with E-state index in [4.69, 9.17) is 0 Å². The molecule has 0 aliphatic heterocycles. The van der Waals surface area contributed by atoms with Gasteiger partial charge in [-0.05, 0) is 6.26 Å². The zero-order valence-corrected chi connectivity index (χ0v) is 6.53. The maximum absolute atomic E-state index is 2.95. The van der Waals surface area contributed by atoms with Crippen LogP contribution >= 0.6 is 11.8 Å². The monoisotopic (exact) mass is 130 g/mol. The SMILES string of the molecule is CSc1cc[c-]cc1.[Li+]. The topological polar surface area (TPSA) is 0 Å². The van der Waals surface area contributed by atoms with Crippen LogP contribution in [0.4, 0.5) is 0 Å². The molecule has 0 fully saturated rings. The summed E-state index contributed by atoms with van der Waals surface area (Å²) >= 11 is 1.75. The summed E-state index contributed by atoms with van der Waals surface area (Å²) in [6.07, 6.45) is 2.06. The van der Waals surface area contributed by atoms with Gasteiger partial charge in [-0.1, -0.05) is 0 Å². The molecule has 0 nitrogen and oxygen atoms in total. The van der Waals surface area contributed by atoms with Crippen molar-refractivity contribution in [1.29, 1.82) is 0 Å². The summed E-state index contributed by atoms with van der Waals surface area (Å²) in [7, 11) is 0. The molecule has 0 aromatic heterocycles. The third kappa shape index (κ3) is 3.01. The van der Waals surface area contributed by atoms with E-state index >= 15 is 0 Å². The van der Waals surface area contributed by atoms with Crippen molar-refractivity contribution in [3.8, 4) is 0 Å². The molecule has 0 aliphatic rings. The minimum Gasteiger partial charge on any atom is -0.184 e. The summed E-state index contributed by atoms with van der Waals surface area (Å²) in [6.45, 7) is 0. The molecule has 9 heavy (non-hydrogen) atoms. The van der Waals surface area contributed by atoms with Gasteiger partial charge < -0.3 is 0 Å². The molecule has 0 amide bonds. The molecule has 2 heteroatoms. The van der Waals surface area contributed by atoms with Crippen LogP contribution in [-0.2, 0) is 0 Å². The number of hydrogen-bond donors (Lipinski definition) is 0. The standard InChI is InChI=1S/C7H7S.Li/c1-8-7-5-3-2-4-6-7;/h3-6H,1H3;/q-1;+1. The second kappa shape index (κ2) is 4.99. The quantitative estimate of drug-likeness (QED) is 0.273. The Bertz CT molecular complexity index is 150. The van der Waals surface area contributed by atoms with Gasteiger partial charge >= 0.3 is 18.9 Å². The average molecular weight is 130 g/mol. The Morgan fingerprint density at radius 1 is 1.33 bits per heavy atom. The van der Waals surface area contributed by atoms with Gasteiger partial charge in [-0.15, -0.1) is 4.90 Å². The van der Waals surface area contributed by atoms with Gasteiger partial charge in [0.05, 0.1) is 0 Å². The second-order valence-corrected chi connectivity index (χ2v) is 2.32. The Kier molecular flexibility index (Phi) is 5.09. The smallest absolute Gasteiger partial charge is 0.184 e. The van der Waals surface area contributed by atoms with E-state index < -0.39 is 0 Å². The molecular weight excluding hydrogens is 123 g/mol. The van der Waals surface area contributed by atoms with E-state index in [1.807, 2.05) is 24.3 Å². The zero-order valence-electron chi connectivity index (χ0n) is 5.72. The number of hydrogen-bond acceptors (Lipinski definition) is 1. The van der Waals surface area contributed by atoms with E-state index in [0.29, 0.717) is 0 Å². The van der Waals surface area contributed by atoms with Crippen molar-refractivity contribution in [2.75, 3.05) is 6.26 Å². The molecule has 0 N–H and O–H groups in total. The van der Waals surface area contributed by atoms with Crippen molar-refractivity contribution >= 4 is 11.8 Å². The maximum atomic E-state index is 2.95. The minimum absolute atomic E-state index is 0. The molecule has 0 aliphatic carbocycles. The Morgan fingerprint density at radius 2 is 1.89 bits per heavy atom. The molecule has 0 saturated heterocycles. The number of benzene rings is 1. The summed E-state index contributed by atoms with van der Waals surface area (Å²) in [5, 5.41) is 0. The van der Waals surface area contributed by atoms with Crippen molar-refractivity contribution in [3.63, 3.8) is 0 Å². The summed E-state index contributed by atoms with van der Waals surface area (Å²) in [6, 6.07) is 10.9. The first kappa shape index (κ1) is 9.17. The van der Waals surface area contributed by atoms with Gasteiger partial charge in [-0.2, -0.15) is 42.1 Å². The van der Waals surface area contributed by atoms with Crippen LogP contribution in [0.1, 0.15) is 0 Å². The molecule has 1 aromatic rings. The van der Waals surface area contributed by atoms with Gasteiger partial charge in [0.2, 0.25) is 0 Å². The van der Waals surface area contributed by atoms with Crippen molar-refractivity contribution in [3.05, 3.63) is 30.3 Å². The molecule has 0 atom stereocenters. The van der Waals surface area contributed by atoms with E-state index in [0.717, 1.165) is 0 Å². The predicted octanol–water partition coefficient (Wildman–Crippen LogP) is -0.787. The molecular formula is C7H7LiS. The van der Waals surface area contributed by atoms with Crippen LogP contribution in [0.15, 0.2) is 29.2 Å². The molecule has 0 heterocycles. The van der Waals surface area contributed by atoms with Crippen molar-refractivity contribution in [1.82, 2.24) is 0 Å². The number of rotatable bonds is 1. The fourth-order valence-corrected chi connectivity index (χ4v) is 0.916. The molecule has 0 radical (unpaired) electrons. The molecule has 0 saturated carbocycles. The van der Waals surface area contributed by atoms with E-state index in [1.54, 1.807) is 11.8 Å². The van der Waals surface area contributed by atoms with Crippen LogP contribution in [0.3, 0.4) is 0 Å². The first-order chi connectivity index (χ1) is 3.93. The van der Waals surface area contributed by atoms with Crippen molar-refractivity contribution in [2.45, 2.75) is 4.90 Å². The normalized spacial score (nSPS) is 8.11. The fraction of sp³-hybridized carbons (Fsp3) is 0.143. The zero-order chi connectivity index (χ0) is 5.82. The Balaban J connectivity index is 0.000000640. The predicted molar refractivity (Wildman–Crippen MR) is 37.1 cm³/mol. The van der Waals surface area contributed by atoms with E-state index in [-0.39, 0.29) is 18.9 Å². The second-order valence-electron chi connectivity index (χ2n) is 1.44. The largest absolute Gasteiger partial charge is 1.00 e. The Labute approximate surface area is 72.2 Å². The maximum Gasteiger partial charge on any atom is 1.00 e. The van der Waals surface area contributed by atoms with Crippen LogP contribution < -0.4 is 18.9 Å². The van der Waals surface area contributed by atoms with E-state index in [2.05, 4.69) is 12.3 Å². The molecule has 1 aromatic carbocycles. The van der Waals surface area contributed by atoms with Crippen LogP contribution in [0.2, 0.25) is 0 Å². The summed E-state index contributed by atoms with van der Waals surface area (Å²) < 4.78 is 0. The fourth-order valence-electron chi connectivity index (χ4n) is 0.508. The summed E-state index contributed by atoms with van der Waals surface area (Å²) in [5.41, 5.74) is 0. The van der Waals surface area contributed by atoms with Gasteiger partial charge in [-0.3, -0.25) is 0 Å². The van der Waals surface area contributed by atoms with Gasteiger partial charge in [0.1, 0.15) is 0 Å². The molecule has 0 bridgehead atoms. The van der Waals surface area contributed by atoms with E-state index in [1.165, 1.54) is 4.90 Å². The first-order valence-corrected chi connectivity index (χ1v) is 3.66. The summed E-state index contributed by atoms with van der Waals surface area (Å²) in [5.74, 6) is 0. The average Bonchev–Trinajstić information content (AvgIpc) is 1.90. The Hall–Kier alpha value is 0.167. The van der Waals surface area contributed by atoms with E-state index in [9.17, 15) is 0 Å². The van der Waals surface area contributed by atoms with Gasteiger partial charge in [0.25, 0.3) is 0 Å². The van der Waals surface area contributed by atoms with Crippen molar-refractivity contribution < 1.29 is 18.9 Å². The molecule has 0 unspecified atom stereocenters. The van der Waals surface area contributed by atoms with Crippen LogP contribution in [0, 0.1) is 6.07 Å². The Morgan fingerprint density at radius 3 is 2.22 bits per heavy atom. The van der Waals surface area contributed by atoms with Crippen LogP contribution in [0.5, 0.6) is 0 Å². The first-order valence-electron chi connectivity index (χ1n) is 2.43. The third-order valence-corrected chi connectivity index (χ3v) is 1.67. The minimum atomic E-state index is 0. The third-order valence-electron chi connectivity index (χ3n) is 0.923. The molecule has 0 spiro atoms. The number of thioether (sulfide) groups is 1. The molecule has 1 rings (SSSR count). The van der Waals surface area contributed by atoms with Crippen LogP contribution in [0.25, 0.3) is 0 Å². The van der Waals surface area contributed by atoms with Crippen molar-refractivity contribution in [2.24, 2.45) is 0 Å². The summed E-state index contributed by atoms with van der Waals surface area (Å²) in [4.78, 5) is 1.30. The van der Waals surface area contributed by atoms with Gasteiger partial charge in [-0.25, -0.2) is 0 Å². The van der Waals surface area contributed by atoms with Gasteiger partial charge in [0.15, 0.2) is 0 Å². The molecule has 42 valence electrons. The van der Waals surface area contributed by atoms with Crippen LogP contribution in [-0.4, -0.2) is 6.26 Å².